The van der Waals surface area contributed by atoms with Crippen LogP contribution in [0.5, 0.6) is 0 Å². The number of aromatic carboxylic acids is 1. The summed E-state index contributed by atoms with van der Waals surface area (Å²) >= 11 is 0. The second-order valence-corrected chi connectivity index (χ2v) is 5.39. The Bertz CT molecular complexity index is 951. The summed E-state index contributed by atoms with van der Waals surface area (Å²) in [6.07, 6.45) is 0. The van der Waals surface area contributed by atoms with Crippen molar-refractivity contribution in [2.24, 2.45) is 0 Å². The number of carboxylic acid groups (broad SMARTS) is 1. The van der Waals surface area contributed by atoms with E-state index in [4.69, 9.17) is 0 Å². The minimum atomic E-state index is -1.14. The van der Waals surface area contributed by atoms with E-state index in [0.29, 0.717) is 10.9 Å². The van der Waals surface area contributed by atoms with Crippen LogP contribution in [-0.2, 0) is 0 Å². The molecule has 0 bridgehead atoms. The largest absolute Gasteiger partial charge is 0.478 e. The highest BCUT2D eigenvalue weighted by Crippen LogP contribution is 2.29. The molecule has 3 nitrogen and oxygen atoms in total. The average Bonchev–Trinajstić information content (AvgIpc) is 2.52. The maximum Gasteiger partial charge on any atom is 0.336 e. The van der Waals surface area contributed by atoms with Gasteiger partial charge in [0.2, 0.25) is 0 Å². The number of aromatic nitrogens is 1. The Morgan fingerprint density at radius 2 is 1.83 bits per heavy atom. The van der Waals surface area contributed by atoms with Crippen LogP contribution in [0.3, 0.4) is 0 Å². The van der Waals surface area contributed by atoms with Gasteiger partial charge < -0.3 is 5.11 Å². The standard InChI is InChI=1S/C18H13F2NO2/c1-9-3-5-12-13(18(22)23)8-16(21-17(12)10(9)2)14-7-11(19)4-6-15(14)20/h3-8H,1-2H3,(H,22,23). The van der Waals surface area contributed by atoms with Crippen molar-refractivity contribution < 1.29 is 18.7 Å². The molecular formula is C18H13F2NO2. The number of pyridine rings is 1. The second-order valence-electron chi connectivity index (χ2n) is 5.39. The molecule has 23 heavy (non-hydrogen) atoms. The number of aryl methyl sites for hydroxylation is 2. The van der Waals surface area contributed by atoms with E-state index in [0.717, 1.165) is 29.3 Å². The molecule has 116 valence electrons. The molecular weight excluding hydrogens is 300 g/mol. The summed E-state index contributed by atoms with van der Waals surface area (Å²) in [7, 11) is 0. The quantitative estimate of drug-likeness (QED) is 0.758. The number of rotatable bonds is 2. The lowest BCUT2D eigenvalue weighted by Gasteiger charge is -2.11. The molecule has 0 fully saturated rings. The third kappa shape index (κ3) is 2.54. The maximum absolute atomic E-state index is 14.0. The van der Waals surface area contributed by atoms with Gasteiger partial charge in [-0.25, -0.2) is 18.6 Å². The Labute approximate surface area is 131 Å². The summed E-state index contributed by atoms with van der Waals surface area (Å²) in [5.74, 6) is -2.40. The molecule has 1 heterocycles. The SMILES string of the molecule is Cc1ccc2c(C(=O)O)cc(-c3cc(F)ccc3F)nc2c1C. The average molecular weight is 313 g/mol. The molecule has 3 aromatic rings. The van der Waals surface area contributed by atoms with Crippen molar-refractivity contribution in [3.05, 3.63) is 64.7 Å². The summed E-state index contributed by atoms with van der Waals surface area (Å²) in [6.45, 7) is 3.70. The van der Waals surface area contributed by atoms with Crippen LogP contribution in [0.4, 0.5) is 8.78 Å². The molecule has 0 radical (unpaired) electrons. The zero-order valence-electron chi connectivity index (χ0n) is 12.5. The van der Waals surface area contributed by atoms with Crippen molar-refractivity contribution >= 4 is 16.9 Å². The van der Waals surface area contributed by atoms with Crippen molar-refractivity contribution in [2.45, 2.75) is 13.8 Å². The van der Waals surface area contributed by atoms with Gasteiger partial charge in [-0.1, -0.05) is 12.1 Å². The lowest BCUT2D eigenvalue weighted by atomic mass is 9.99. The summed E-state index contributed by atoms with van der Waals surface area (Å²) < 4.78 is 27.5. The Morgan fingerprint density at radius 1 is 1.09 bits per heavy atom. The predicted octanol–water partition coefficient (Wildman–Crippen LogP) is 4.50. The molecule has 0 saturated carbocycles. The molecule has 0 aliphatic rings. The highest BCUT2D eigenvalue weighted by Gasteiger charge is 2.17. The number of carboxylic acids is 1. The lowest BCUT2D eigenvalue weighted by Crippen LogP contribution is -2.02. The van der Waals surface area contributed by atoms with Crippen LogP contribution in [0, 0.1) is 25.5 Å². The van der Waals surface area contributed by atoms with Gasteiger partial charge in [0.15, 0.2) is 0 Å². The highest BCUT2D eigenvalue weighted by molar-refractivity contribution is 6.04. The number of hydrogen-bond donors (Lipinski definition) is 1. The smallest absolute Gasteiger partial charge is 0.336 e. The first-order valence-electron chi connectivity index (χ1n) is 6.98. The molecule has 5 heteroatoms. The normalized spacial score (nSPS) is 11.0. The molecule has 0 amide bonds. The van der Waals surface area contributed by atoms with Gasteiger partial charge >= 0.3 is 5.97 Å². The van der Waals surface area contributed by atoms with E-state index in [1.165, 1.54) is 6.07 Å². The van der Waals surface area contributed by atoms with Gasteiger partial charge in [-0.15, -0.1) is 0 Å². The fourth-order valence-corrected chi connectivity index (χ4v) is 2.54. The third-order valence-corrected chi connectivity index (χ3v) is 3.94. The molecule has 0 unspecified atom stereocenters. The van der Waals surface area contributed by atoms with Crippen LogP contribution in [0.15, 0.2) is 36.4 Å². The predicted molar refractivity (Wildman–Crippen MR) is 83.5 cm³/mol. The van der Waals surface area contributed by atoms with Gasteiger partial charge in [0, 0.05) is 10.9 Å². The van der Waals surface area contributed by atoms with Gasteiger partial charge in [-0.3, -0.25) is 0 Å². The molecule has 0 spiro atoms. The van der Waals surface area contributed by atoms with E-state index in [2.05, 4.69) is 4.98 Å². The molecule has 0 aliphatic carbocycles. The maximum atomic E-state index is 14.0. The van der Waals surface area contributed by atoms with Gasteiger partial charge in [0.1, 0.15) is 11.6 Å². The van der Waals surface area contributed by atoms with E-state index in [9.17, 15) is 18.7 Å². The summed E-state index contributed by atoms with van der Waals surface area (Å²) in [6, 6.07) is 7.79. The Hall–Kier alpha value is -2.82. The van der Waals surface area contributed by atoms with Gasteiger partial charge in [0.25, 0.3) is 0 Å². The number of nitrogens with zero attached hydrogens (tertiary/aromatic N) is 1. The molecule has 0 saturated heterocycles. The van der Waals surface area contributed by atoms with Crippen LogP contribution >= 0.6 is 0 Å². The molecule has 3 rings (SSSR count). The van der Waals surface area contributed by atoms with Crippen LogP contribution < -0.4 is 0 Å². The van der Waals surface area contributed by atoms with Gasteiger partial charge in [0.05, 0.1) is 16.8 Å². The summed E-state index contributed by atoms with van der Waals surface area (Å²) in [4.78, 5) is 15.9. The molecule has 2 aromatic carbocycles. The van der Waals surface area contributed by atoms with Crippen molar-refractivity contribution in [3.63, 3.8) is 0 Å². The van der Waals surface area contributed by atoms with Gasteiger partial charge in [-0.2, -0.15) is 0 Å². The van der Waals surface area contributed by atoms with Crippen LogP contribution in [0.25, 0.3) is 22.2 Å². The monoisotopic (exact) mass is 313 g/mol. The zero-order valence-corrected chi connectivity index (χ0v) is 12.5. The number of fused-ring (bicyclic) bond motifs is 1. The molecule has 1 N–H and O–H groups in total. The first-order valence-corrected chi connectivity index (χ1v) is 6.98. The van der Waals surface area contributed by atoms with E-state index in [1.807, 2.05) is 19.9 Å². The number of benzene rings is 2. The first kappa shape index (κ1) is 15.1. The number of halogens is 2. The Balaban J connectivity index is 2.41. The molecule has 1 aromatic heterocycles. The highest BCUT2D eigenvalue weighted by atomic mass is 19.1. The Kier molecular flexibility index (Phi) is 3.56. The van der Waals surface area contributed by atoms with E-state index < -0.39 is 17.6 Å². The summed E-state index contributed by atoms with van der Waals surface area (Å²) in [5, 5.41) is 9.92. The minimum Gasteiger partial charge on any atom is -0.478 e. The number of carbonyl (C=O) groups is 1. The van der Waals surface area contributed by atoms with Crippen LogP contribution in [0.2, 0.25) is 0 Å². The van der Waals surface area contributed by atoms with Crippen molar-refractivity contribution in [3.8, 4) is 11.3 Å². The van der Waals surface area contributed by atoms with Crippen molar-refractivity contribution in [1.82, 2.24) is 4.98 Å². The first-order chi connectivity index (χ1) is 10.9. The van der Waals surface area contributed by atoms with Gasteiger partial charge in [-0.05, 0) is 49.2 Å². The van der Waals surface area contributed by atoms with E-state index in [1.54, 1.807) is 6.07 Å². The van der Waals surface area contributed by atoms with Crippen LogP contribution in [0.1, 0.15) is 21.5 Å². The van der Waals surface area contributed by atoms with Crippen molar-refractivity contribution in [1.29, 1.82) is 0 Å². The minimum absolute atomic E-state index is 0.0109. The second kappa shape index (κ2) is 5.43. The summed E-state index contributed by atoms with van der Waals surface area (Å²) in [5.41, 5.74) is 2.28. The third-order valence-electron chi connectivity index (χ3n) is 3.94. The van der Waals surface area contributed by atoms with Crippen molar-refractivity contribution in [2.75, 3.05) is 0 Å². The Morgan fingerprint density at radius 3 is 2.52 bits per heavy atom. The zero-order chi connectivity index (χ0) is 16.7. The van der Waals surface area contributed by atoms with E-state index >= 15 is 0 Å². The topological polar surface area (TPSA) is 50.2 Å². The van der Waals surface area contributed by atoms with Crippen LogP contribution in [-0.4, -0.2) is 16.1 Å². The lowest BCUT2D eigenvalue weighted by molar-refractivity contribution is 0.0699. The fraction of sp³-hybridized carbons (Fsp3) is 0.111. The molecule has 0 aliphatic heterocycles. The number of hydrogen-bond acceptors (Lipinski definition) is 2. The van der Waals surface area contributed by atoms with E-state index in [-0.39, 0.29) is 16.8 Å². The fourth-order valence-electron chi connectivity index (χ4n) is 2.54. The molecule has 0 atom stereocenters.